The van der Waals surface area contributed by atoms with Gasteiger partial charge in [-0.1, -0.05) is 29.3 Å². The van der Waals surface area contributed by atoms with Crippen molar-refractivity contribution < 1.29 is 4.74 Å². The molecular formula is C15H10Cl2N2O. The van der Waals surface area contributed by atoms with Crippen molar-refractivity contribution in [1.29, 1.82) is 0 Å². The molecule has 100 valence electrons. The summed E-state index contributed by atoms with van der Waals surface area (Å²) in [5.74, 6) is 1.03. The van der Waals surface area contributed by atoms with Crippen LogP contribution in [0.5, 0.6) is 11.6 Å². The lowest BCUT2D eigenvalue weighted by Crippen LogP contribution is -1.92. The van der Waals surface area contributed by atoms with Crippen molar-refractivity contribution >= 4 is 34.1 Å². The Morgan fingerprint density at radius 3 is 2.70 bits per heavy atom. The quantitative estimate of drug-likeness (QED) is 0.665. The van der Waals surface area contributed by atoms with E-state index in [1.54, 1.807) is 18.2 Å². The van der Waals surface area contributed by atoms with E-state index in [0.29, 0.717) is 21.7 Å². The molecular weight excluding hydrogens is 295 g/mol. The van der Waals surface area contributed by atoms with E-state index in [4.69, 9.17) is 27.9 Å². The molecule has 0 N–H and O–H groups in total. The van der Waals surface area contributed by atoms with Crippen LogP contribution < -0.4 is 4.74 Å². The Morgan fingerprint density at radius 2 is 1.85 bits per heavy atom. The number of aryl methyl sites for hydroxylation is 1. The fraction of sp³-hybridized carbons (Fsp3) is 0.0667. The Balaban J connectivity index is 2.09. The predicted molar refractivity (Wildman–Crippen MR) is 80.8 cm³/mol. The third-order valence-electron chi connectivity index (χ3n) is 2.86. The molecule has 3 nitrogen and oxygen atoms in total. The van der Waals surface area contributed by atoms with Crippen LogP contribution in [0.25, 0.3) is 10.9 Å². The lowest BCUT2D eigenvalue weighted by Gasteiger charge is -2.09. The summed E-state index contributed by atoms with van der Waals surface area (Å²) in [6, 6.07) is 11.0. The second-order valence-electron chi connectivity index (χ2n) is 4.38. The van der Waals surface area contributed by atoms with Crippen molar-refractivity contribution in [3.63, 3.8) is 0 Å². The summed E-state index contributed by atoms with van der Waals surface area (Å²) in [6.07, 6.45) is 1.44. The van der Waals surface area contributed by atoms with Crippen LogP contribution in [0.4, 0.5) is 0 Å². The molecule has 0 amide bonds. The Bertz CT molecular complexity index is 790. The van der Waals surface area contributed by atoms with Crippen molar-refractivity contribution in [3.05, 3.63) is 58.3 Å². The monoisotopic (exact) mass is 304 g/mol. The van der Waals surface area contributed by atoms with Crippen LogP contribution >= 0.6 is 23.2 Å². The highest BCUT2D eigenvalue weighted by atomic mass is 35.5. The lowest BCUT2D eigenvalue weighted by molar-refractivity contribution is 0.468. The average Bonchev–Trinajstić information content (AvgIpc) is 2.43. The molecule has 0 saturated carbocycles. The SMILES string of the molecule is Cc1ccc(Cl)c(Oc2ncnc3cc(Cl)ccc23)c1. The molecule has 3 aromatic rings. The van der Waals surface area contributed by atoms with Crippen LogP contribution in [-0.2, 0) is 0 Å². The number of rotatable bonds is 2. The highest BCUT2D eigenvalue weighted by Crippen LogP contribution is 2.32. The summed E-state index contributed by atoms with van der Waals surface area (Å²) in [5.41, 5.74) is 1.79. The molecule has 0 aliphatic carbocycles. The van der Waals surface area contributed by atoms with Crippen LogP contribution in [0, 0.1) is 6.92 Å². The summed E-state index contributed by atoms with van der Waals surface area (Å²) in [5, 5.41) is 1.95. The second-order valence-corrected chi connectivity index (χ2v) is 5.22. The maximum Gasteiger partial charge on any atom is 0.230 e. The molecule has 0 bridgehead atoms. The molecule has 0 saturated heterocycles. The van der Waals surface area contributed by atoms with Crippen LogP contribution in [0.15, 0.2) is 42.7 Å². The summed E-state index contributed by atoms with van der Waals surface area (Å²) >= 11 is 12.1. The summed E-state index contributed by atoms with van der Waals surface area (Å²) < 4.78 is 5.82. The minimum atomic E-state index is 0.458. The van der Waals surface area contributed by atoms with E-state index >= 15 is 0 Å². The summed E-state index contributed by atoms with van der Waals surface area (Å²) in [7, 11) is 0. The first-order valence-corrected chi connectivity index (χ1v) is 6.73. The molecule has 3 rings (SSSR count). The number of ether oxygens (including phenoxy) is 1. The van der Waals surface area contributed by atoms with Crippen molar-refractivity contribution in [1.82, 2.24) is 9.97 Å². The number of fused-ring (bicyclic) bond motifs is 1. The van der Waals surface area contributed by atoms with Crippen LogP contribution in [0.1, 0.15) is 5.56 Å². The Hall–Kier alpha value is -1.84. The maximum absolute atomic E-state index is 6.13. The van der Waals surface area contributed by atoms with Crippen LogP contribution in [0.2, 0.25) is 10.0 Å². The molecule has 20 heavy (non-hydrogen) atoms. The largest absolute Gasteiger partial charge is 0.437 e. The average molecular weight is 305 g/mol. The second kappa shape index (κ2) is 5.27. The normalized spacial score (nSPS) is 10.8. The van der Waals surface area contributed by atoms with Gasteiger partial charge in [0.15, 0.2) is 0 Å². The van der Waals surface area contributed by atoms with Crippen molar-refractivity contribution in [2.75, 3.05) is 0 Å². The number of aromatic nitrogens is 2. The fourth-order valence-electron chi connectivity index (χ4n) is 1.88. The van der Waals surface area contributed by atoms with Gasteiger partial charge in [0.1, 0.15) is 12.1 Å². The zero-order valence-electron chi connectivity index (χ0n) is 10.6. The summed E-state index contributed by atoms with van der Waals surface area (Å²) in [6.45, 7) is 1.97. The van der Waals surface area contributed by atoms with Gasteiger partial charge in [-0.2, -0.15) is 0 Å². The molecule has 0 radical (unpaired) electrons. The van der Waals surface area contributed by atoms with Gasteiger partial charge in [-0.25, -0.2) is 9.97 Å². The summed E-state index contributed by atoms with van der Waals surface area (Å²) in [4.78, 5) is 8.34. The third-order valence-corrected chi connectivity index (χ3v) is 3.40. The van der Waals surface area contributed by atoms with E-state index in [0.717, 1.165) is 16.5 Å². The molecule has 2 aromatic carbocycles. The van der Waals surface area contributed by atoms with E-state index in [-0.39, 0.29) is 0 Å². The Labute approximate surface area is 126 Å². The number of halogens is 2. The van der Waals surface area contributed by atoms with E-state index in [1.807, 2.05) is 25.1 Å². The molecule has 0 aliphatic heterocycles. The number of hydrogen-bond donors (Lipinski definition) is 0. The third kappa shape index (κ3) is 2.55. The van der Waals surface area contributed by atoms with Gasteiger partial charge in [0.2, 0.25) is 5.88 Å². The first-order valence-electron chi connectivity index (χ1n) is 5.98. The maximum atomic E-state index is 6.13. The lowest BCUT2D eigenvalue weighted by atomic mass is 10.2. The van der Waals surface area contributed by atoms with Crippen molar-refractivity contribution in [3.8, 4) is 11.6 Å². The first-order chi connectivity index (χ1) is 9.63. The highest BCUT2D eigenvalue weighted by molar-refractivity contribution is 6.32. The van der Waals surface area contributed by atoms with Crippen molar-refractivity contribution in [2.45, 2.75) is 6.92 Å². The zero-order valence-corrected chi connectivity index (χ0v) is 12.1. The molecule has 5 heteroatoms. The van der Waals surface area contributed by atoms with Crippen LogP contribution in [-0.4, -0.2) is 9.97 Å². The Kier molecular flexibility index (Phi) is 3.47. The van der Waals surface area contributed by atoms with E-state index in [1.165, 1.54) is 6.33 Å². The van der Waals surface area contributed by atoms with Gasteiger partial charge in [-0.15, -0.1) is 0 Å². The highest BCUT2D eigenvalue weighted by Gasteiger charge is 2.09. The van der Waals surface area contributed by atoms with Gasteiger partial charge < -0.3 is 4.74 Å². The standard InChI is InChI=1S/C15H10Cl2N2O/c1-9-2-5-12(17)14(6-9)20-15-11-4-3-10(16)7-13(11)18-8-19-15/h2-8H,1H3. The minimum absolute atomic E-state index is 0.458. The van der Waals surface area contributed by atoms with Gasteiger partial charge >= 0.3 is 0 Å². The molecule has 1 heterocycles. The molecule has 0 atom stereocenters. The Morgan fingerprint density at radius 1 is 1.00 bits per heavy atom. The number of nitrogens with zero attached hydrogens (tertiary/aromatic N) is 2. The minimum Gasteiger partial charge on any atom is -0.437 e. The van der Waals surface area contributed by atoms with Crippen molar-refractivity contribution in [2.24, 2.45) is 0 Å². The van der Waals surface area contributed by atoms with Gasteiger partial charge in [-0.3, -0.25) is 0 Å². The molecule has 0 unspecified atom stereocenters. The predicted octanol–water partition coefficient (Wildman–Crippen LogP) is 5.04. The fourth-order valence-corrected chi connectivity index (χ4v) is 2.20. The number of benzene rings is 2. The van der Waals surface area contributed by atoms with E-state index < -0.39 is 0 Å². The zero-order chi connectivity index (χ0) is 14.1. The molecule has 1 aromatic heterocycles. The number of hydrogen-bond acceptors (Lipinski definition) is 3. The van der Waals surface area contributed by atoms with Gasteiger partial charge in [0.05, 0.1) is 15.9 Å². The van der Waals surface area contributed by atoms with Gasteiger partial charge in [0.25, 0.3) is 0 Å². The van der Waals surface area contributed by atoms with Gasteiger partial charge in [0, 0.05) is 5.02 Å². The van der Waals surface area contributed by atoms with E-state index in [9.17, 15) is 0 Å². The van der Waals surface area contributed by atoms with Gasteiger partial charge in [-0.05, 0) is 42.8 Å². The molecule has 0 aliphatic rings. The molecule has 0 spiro atoms. The smallest absolute Gasteiger partial charge is 0.230 e. The first kappa shape index (κ1) is 13.2. The van der Waals surface area contributed by atoms with Crippen LogP contribution in [0.3, 0.4) is 0 Å². The van der Waals surface area contributed by atoms with E-state index in [2.05, 4.69) is 9.97 Å². The molecule has 0 fully saturated rings. The topological polar surface area (TPSA) is 35.0 Å².